The highest BCUT2D eigenvalue weighted by molar-refractivity contribution is 5.36. The van der Waals surface area contributed by atoms with E-state index in [1.807, 2.05) is 12.1 Å². The third kappa shape index (κ3) is 1.01. The monoisotopic (exact) mass is 165 g/mol. The van der Waals surface area contributed by atoms with Crippen LogP contribution in [-0.4, -0.2) is 11.2 Å². The van der Waals surface area contributed by atoms with Crippen molar-refractivity contribution in [2.24, 2.45) is 0 Å². The number of benzene rings is 1. The van der Waals surface area contributed by atoms with Gasteiger partial charge in [-0.2, -0.15) is 0 Å². The van der Waals surface area contributed by atoms with Crippen LogP contribution in [0.1, 0.15) is 5.56 Å². The van der Waals surface area contributed by atoms with Gasteiger partial charge in [-0.25, -0.2) is 0 Å². The quantitative estimate of drug-likeness (QED) is 0.464. The van der Waals surface area contributed by atoms with Gasteiger partial charge >= 0.3 is 6.23 Å². The molecule has 12 heavy (non-hydrogen) atoms. The number of hydrogen-bond acceptors (Lipinski definition) is 3. The van der Waals surface area contributed by atoms with Gasteiger partial charge in [-0.15, -0.1) is 0 Å². The summed E-state index contributed by atoms with van der Waals surface area (Å²) in [5.74, 6) is 0.638. The fourth-order valence-corrected chi connectivity index (χ4v) is 1.28. The van der Waals surface area contributed by atoms with E-state index in [1.54, 1.807) is 12.1 Å². The van der Waals surface area contributed by atoms with Crippen LogP contribution in [0, 0.1) is 10.1 Å². The van der Waals surface area contributed by atoms with Crippen molar-refractivity contribution in [3.8, 4) is 5.75 Å². The minimum absolute atomic E-state index is 0.378. The summed E-state index contributed by atoms with van der Waals surface area (Å²) in [7, 11) is 0. The number of para-hydroxylation sites is 1. The first-order chi connectivity index (χ1) is 5.77. The van der Waals surface area contributed by atoms with Crippen LogP contribution in [0.3, 0.4) is 0 Å². The zero-order valence-electron chi connectivity index (χ0n) is 6.27. The molecule has 62 valence electrons. The highest BCUT2D eigenvalue weighted by Gasteiger charge is 2.30. The Kier molecular flexibility index (Phi) is 1.46. The zero-order valence-corrected chi connectivity index (χ0v) is 6.27. The van der Waals surface area contributed by atoms with Gasteiger partial charge in [-0.05, 0) is 6.07 Å². The van der Waals surface area contributed by atoms with Crippen LogP contribution in [0.4, 0.5) is 0 Å². The maximum atomic E-state index is 10.4. The standard InChI is InChI=1S/C8H7NO3/c10-9(11)8-5-6-3-1-2-4-7(6)12-8/h1-4,8H,5H2. The van der Waals surface area contributed by atoms with E-state index in [0.29, 0.717) is 12.2 Å². The molecule has 1 aliphatic heterocycles. The summed E-state index contributed by atoms with van der Waals surface area (Å²) in [6, 6.07) is 7.25. The number of nitrogens with zero attached hydrogens (tertiary/aromatic N) is 1. The summed E-state index contributed by atoms with van der Waals surface area (Å²) in [5, 5.41) is 10.4. The van der Waals surface area contributed by atoms with Crippen LogP contribution in [0.15, 0.2) is 24.3 Å². The molecule has 0 aromatic heterocycles. The molecular weight excluding hydrogens is 158 g/mol. The van der Waals surface area contributed by atoms with Crippen LogP contribution in [0.2, 0.25) is 0 Å². The predicted octanol–water partition coefficient (Wildman–Crippen LogP) is 1.22. The first-order valence-electron chi connectivity index (χ1n) is 3.65. The molecule has 1 aromatic carbocycles. The summed E-state index contributed by atoms with van der Waals surface area (Å²) in [6.07, 6.45) is -0.509. The fraction of sp³-hybridized carbons (Fsp3) is 0.250. The van der Waals surface area contributed by atoms with Gasteiger partial charge in [-0.1, -0.05) is 18.2 Å². The maximum absolute atomic E-state index is 10.4. The molecule has 0 radical (unpaired) electrons. The van der Waals surface area contributed by atoms with Crippen LogP contribution in [0.25, 0.3) is 0 Å². The second-order valence-electron chi connectivity index (χ2n) is 2.67. The summed E-state index contributed by atoms with van der Waals surface area (Å²) in [6.45, 7) is 0. The highest BCUT2D eigenvalue weighted by atomic mass is 16.7. The van der Waals surface area contributed by atoms with E-state index < -0.39 is 11.2 Å². The van der Waals surface area contributed by atoms with Crippen molar-refractivity contribution in [2.75, 3.05) is 0 Å². The summed E-state index contributed by atoms with van der Waals surface area (Å²) in [4.78, 5) is 9.95. The largest absolute Gasteiger partial charge is 0.429 e. The van der Waals surface area contributed by atoms with Gasteiger partial charge in [0.25, 0.3) is 0 Å². The first-order valence-corrected chi connectivity index (χ1v) is 3.65. The number of ether oxygens (including phenoxy) is 1. The molecule has 1 aliphatic rings. The Balaban J connectivity index is 2.27. The normalized spacial score (nSPS) is 19.8. The van der Waals surface area contributed by atoms with Gasteiger partial charge in [0, 0.05) is 5.56 Å². The number of hydrogen-bond donors (Lipinski definition) is 0. The summed E-state index contributed by atoms with van der Waals surface area (Å²) >= 11 is 0. The van der Waals surface area contributed by atoms with E-state index in [9.17, 15) is 10.1 Å². The average molecular weight is 165 g/mol. The summed E-state index contributed by atoms with van der Waals surface area (Å²) in [5.41, 5.74) is 0.916. The lowest BCUT2D eigenvalue weighted by Gasteiger charge is -1.99. The van der Waals surface area contributed by atoms with Gasteiger partial charge in [-0.3, -0.25) is 10.1 Å². The molecule has 0 bridgehead atoms. The molecular formula is C8H7NO3. The van der Waals surface area contributed by atoms with E-state index in [0.717, 1.165) is 5.56 Å². The molecule has 4 heteroatoms. The van der Waals surface area contributed by atoms with Crippen molar-refractivity contribution in [1.82, 2.24) is 0 Å². The minimum atomic E-state index is -0.887. The van der Waals surface area contributed by atoms with Gasteiger partial charge in [0.05, 0.1) is 11.3 Å². The lowest BCUT2D eigenvalue weighted by molar-refractivity contribution is -0.558. The Labute approximate surface area is 68.9 Å². The predicted molar refractivity (Wildman–Crippen MR) is 41.6 cm³/mol. The number of rotatable bonds is 1. The Hall–Kier alpha value is -1.58. The first kappa shape index (κ1) is 7.09. The smallest absolute Gasteiger partial charge is 0.358 e. The average Bonchev–Trinajstić information content (AvgIpc) is 2.46. The minimum Gasteiger partial charge on any atom is -0.429 e. The SMILES string of the molecule is O=[N+]([O-])C1Cc2ccccc2O1. The second-order valence-corrected chi connectivity index (χ2v) is 2.67. The molecule has 0 spiro atoms. The third-order valence-corrected chi connectivity index (χ3v) is 1.87. The molecule has 2 rings (SSSR count). The van der Waals surface area contributed by atoms with Gasteiger partial charge < -0.3 is 4.74 Å². The van der Waals surface area contributed by atoms with Crippen molar-refractivity contribution < 1.29 is 9.66 Å². The molecule has 0 aliphatic carbocycles. The van der Waals surface area contributed by atoms with Crippen LogP contribution < -0.4 is 4.74 Å². The molecule has 0 saturated carbocycles. The van der Waals surface area contributed by atoms with E-state index in [4.69, 9.17) is 4.74 Å². The molecule has 0 saturated heterocycles. The Bertz CT molecular complexity index is 299. The highest BCUT2D eigenvalue weighted by Crippen LogP contribution is 2.27. The van der Waals surface area contributed by atoms with Gasteiger partial charge in [0.1, 0.15) is 5.75 Å². The van der Waals surface area contributed by atoms with Gasteiger partial charge in [0.15, 0.2) is 0 Å². The molecule has 0 N–H and O–H groups in total. The molecule has 1 aromatic rings. The fourth-order valence-electron chi connectivity index (χ4n) is 1.28. The van der Waals surface area contributed by atoms with Gasteiger partial charge in [0.2, 0.25) is 0 Å². The van der Waals surface area contributed by atoms with Crippen LogP contribution in [-0.2, 0) is 6.42 Å². The van der Waals surface area contributed by atoms with E-state index >= 15 is 0 Å². The second kappa shape index (κ2) is 2.48. The lowest BCUT2D eigenvalue weighted by atomic mass is 10.2. The molecule has 1 atom stereocenters. The van der Waals surface area contributed by atoms with E-state index in [-0.39, 0.29) is 0 Å². The van der Waals surface area contributed by atoms with Crippen molar-refractivity contribution in [2.45, 2.75) is 12.6 Å². The molecule has 4 nitrogen and oxygen atoms in total. The van der Waals surface area contributed by atoms with Crippen LogP contribution >= 0.6 is 0 Å². The van der Waals surface area contributed by atoms with Crippen molar-refractivity contribution in [3.63, 3.8) is 0 Å². The number of fused-ring (bicyclic) bond motifs is 1. The van der Waals surface area contributed by atoms with E-state index in [1.165, 1.54) is 0 Å². The maximum Gasteiger partial charge on any atom is 0.358 e. The van der Waals surface area contributed by atoms with Crippen LogP contribution in [0.5, 0.6) is 5.75 Å². The lowest BCUT2D eigenvalue weighted by Crippen LogP contribution is -2.23. The van der Waals surface area contributed by atoms with E-state index in [2.05, 4.69) is 0 Å². The van der Waals surface area contributed by atoms with Crippen molar-refractivity contribution in [3.05, 3.63) is 39.9 Å². The number of nitro groups is 1. The Morgan fingerprint density at radius 1 is 1.50 bits per heavy atom. The topological polar surface area (TPSA) is 52.4 Å². The third-order valence-electron chi connectivity index (χ3n) is 1.87. The molecule has 0 fully saturated rings. The Morgan fingerprint density at radius 3 is 2.92 bits per heavy atom. The zero-order chi connectivity index (χ0) is 8.55. The molecule has 1 heterocycles. The molecule has 1 unspecified atom stereocenters. The molecule has 0 amide bonds. The van der Waals surface area contributed by atoms with Crippen molar-refractivity contribution >= 4 is 0 Å². The Morgan fingerprint density at radius 2 is 2.25 bits per heavy atom. The van der Waals surface area contributed by atoms with Crippen molar-refractivity contribution in [1.29, 1.82) is 0 Å². The summed E-state index contributed by atoms with van der Waals surface area (Å²) < 4.78 is 5.07.